The van der Waals surface area contributed by atoms with Gasteiger partial charge < -0.3 is 9.84 Å². The molecule has 0 atom stereocenters. The molecule has 0 spiro atoms. The maximum absolute atomic E-state index is 13.6. The van der Waals surface area contributed by atoms with Crippen molar-refractivity contribution in [1.82, 2.24) is 0 Å². The maximum atomic E-state index is 13.6. The number of carboxylic acid groups (broad SMARTS) is 1. The Morgan fingerprint density at radius 2 is 2.31 bits per heavy atom. The first-order chi connectivity index (χ1) is 7.66. The highest BCUT2D eigenvalue weighted by Crippen LogP contribution is 2.14. The Kier molecular flexibility index (Phi) is 4.66. The lowest BCUT2D eigenvalue weighted by atomic mass is 10.1. The Morgan fingerprint density at radius 3 is 2.94 bits per heavy atom. The molecule has 1 rings (SSSR count). The number of carboxylic acids is 1. The summed E-state index contributed by atoms with van der Waals surface area (Å²) in [7, 11) is 0. The average Bonchev–Trinajstić information content (AvgIpc) is 2.26. The summed E-state index contributed by atoms with van der Waals surface area (Å²) in [6, 6.07) is 4.24. The third-order valence-electron chi connectivity index (χ3n) is 2.03. The lowest BCUT2D eigenvalue weighted by Crippen LogP contribution is -2.05. The van der Waals surface area contributed by atoms with E-state index in [2.05, 4.69) is 6.58 Å². The van der Waals surface area contributed by atoms with E-state index in [0.717, 1.165) is 0 Å². The molecule has 1 aromatic carbocycles. The SMILES string of the molecule is C=CCCOCc1cccc(C(=O)O)c1F. The zero-order chi connectivity index (χ0) is 12.0. The van der Waals surface area contributed by atoms with E-state index in [9.17, 15) is 9.18 Å². The predicted octanol–water partition coefficient (Wildman–Crippen LogP) is 2.62. The van der Waals surface area contributed by atoms with Gasteiger partial charge in [-0.15, -0.1) is 6.58 Å². The van der Waals surface area contributed by atoms with Crippen LogP contribution < -0.4 is 0 Å². The van der Waals surface area contributed by atoms with Crippen molar-refractivity contribution in [1.29, 1.82) is 0 Å². The van der Waals surface area contributed by atoms with Gasteiger partial charge in [0.2, 0.25) is 0 Å². The van der Waals surface area contributed by atoms with Gasteiger partial charge in [-0.05, 0) is 12.5 Å². The molecule has 0 radical (unpaired) electrons. The number of benzene rings is 1. The topological polar surface area (TPSA) is 46.5 Å². The van der Waals surface area contributed by atoms with Crippen molar-refractivity contribution in [3.63, 3.8) is 0 Å². The fraction of sp³-hybridized carbons (Fsp3) is 0.250. The van der Waals surface area contributed by atoms with Crippen LogP contribution in [0.4, 0.5) is 4.39 Å². The number of hydrogen-bond donors (Lipinski definition) is 1. The maximum Gasteiger partial charge on any atom is 0.338 e. The van der Waals surface area contributed by atoms with Crippen molar-refractivity contribution in [3.05, 3.63) is 47.8 Å². The van der Waals surface area contributed by atoms with E-state index in [1.165, 1.54) is 18.2 Å². The second kappa shape index (κ2) is 6.02. The molecule has 0 saturated heterocycles. The van der Waals surface area contributed by atoms with Crippen molar-refractivity contribution in [2.75, 3.05) is 6.61 Å². The molecule has 0 aromatic heterocycles. The summed E-state index contributed by atoms with van der Waals surface area (Å²) in [4.78, 5) is 10.7. The molecule has 0 aliphatic heterocycles. The molecule has 0 amide bonds. The van der Waals surface area contributed by atoms with Crippen molar-refractivity contribution in [2.45, 2.75) is 13.0 Å². The molecule has 0 bridgehead atoms. The molecular weight excluding hydrogens is 211 g/mol. The van der Waals surface area contributed by atoms with Gasteiger partial charge in [0, 0.05) is 5.56 Å². The molecule has 86 valence electrons. The first-order valence-corrected chi connectivity index (χ1v) is 4.86. The summed E-state index contributed by atoms with van der Waals surface area (Å²) in [5, 5.41) is 8.71. The first-order valence-electron chi connectivity index (χ1n) is 4.86. The summed E-state index contributed by atoms with van der Waals surface area (Å²) in [6.45, 7) is 4.04. The minimum Gasteiger partial charge on any atom is -0.478 e. The number of ether oxygens (including phenoxy) is 1. The number of aromatic carboxylic acids is 1. The van der Waals surface area contributed by atoms with Gasteiger partial charge in [0.1, 0.15) is 5.82 Å². The van der Waals surface area contributed by atoms with E-state index < -0.39 is 11.8 Å². The van der Waals surface area contributed by atoms with Crippen LogP contribution in [0.25, 0.3) is 0 Å². The Labute approximate surface area is 93.2 Å². The molecule has 0 unspecified atom stereocenters. The van der Waals surface area contributed by atoms with Gasteiger partial charge in [0.25, 0.3) is 0 Å². The monoisotopic (exact) mass is 224 g/mol. The average molecular weight is 224 g/mol. The first kappa shape index (κ1) is 12.4. The lowest BCUT2D eigenvalue weighted by molar-refractivity contribution is 0.0690. The van der Waals surface area contributed by atoms with Crippen LogP contribution in [0, 0.1) is 5.82 Å². The third-order valence-corrected chi connectivity index (χ3v) is 2.03. The largest absolute Gasteiger partial charge is 0.478 e. The van der Waals surface area contributed by atoms with E-state index in [1.54, 1.807) is 6.08 Å². The van der Waals surface area contributed by atoms with Crippen LogP contribution in [0.15, 0.2) is 30.9 Å². The highest BCUT2D eigenvalue weighted by molar-refractivity contribution is 5.88. The van der Waals surface area contributed by atoms with Gasteiger partial charge in [0.15, 0.2) is 0 Å². The fourth-order valence-electron chi connectivity index (χ4n) is 1.21. The number of rotatable bonds is 6. The number of hydrogen-bond acceptors (Lipinski definition) is 2. The van der Waals surface area contributed by atoms with E-state index in [4.69, 9.17) is 9.84 Å². The molecule has 1 N–H and O–H groups in total. The van der Waals surface area contributed by atoms with E-state index >= 15 is 0 Å². The number of carbonyl (C=O) groups is 1. The molecule has 0 aliphatic carbocycles. The highest BCUT2D eigenvalue weighted by Gasteiger charge is 2.13. The van der Waals surface area contributed by atoms with E-state index in [-0.39, 0.29) is 17.7 Å². The quantitative estimate of drug-likeness (QED) is 0.596. The Morgan fingerprint density at radius 1 is 1.56 bits per heavy atom. The molecule has 0 heterocycles. The van der Waals surface area contributed by atoms with Crippen LogP contribution in [-0.4, -0.2) is 17.7 Å². The normalized spacial score (nSPS) is 10.1. The van der Waals surface area contributed by atoms with Crippen LogP contribution in [0.1, 0.15) is 22.3 Å². The zero-order valence-corrected chi connectivity index (χ0v) is 8.78. The van der Waals surface area contributed by atoms with Gasteiger partial charge in [-0.25, -0.2) is 9.18 Å². The molecule has 4 heteroatoms. The van der Waals surface area contributed by atoms with Gasteiger partial charge in [-0.1, -0.05) is 18.2 Å². The minimum atomic E-state index is -1.27. The van der Waals surface area contributed by atoms with Crippen molar-refractivity contribution >= 4 is 5.97 Å². The smallest absolute Gasteiger partial charge is 0.338 e. The van der Waals surface area contributed by atoms with Gasteiger partial charge in [-0.3, -0.25) is 0 Å². The van der Waals surface area contributed by atoms with Crippen molar-refractivity contribution < 1.29 is 19.0 Å². The standard InChI is InChI=1S/C12H13FO3/c1-2-3-7-16-8-9-5-4-6-10(11(9)13)12(14)15/h2,4-6H,1,3,7-8H2,(H,14,15). The molecule has 0 fully saturated rings. The van der Waals surface area contributed by atoms with Crippen molar-refractivity contribution in [3.8, 4) is 0 Å². The summed E-state index contributed by atoms with van der Waals surface area (Å²) < 4.78 is 18.7. The van der Waals surface area contributed by atoms with Gasteiger partial charge >= 0.3 is 5.97 Å². The van der Waals surface area contributed by atoms with E-state index in [1.807, 2.05) is 0 Å². The Bertz CT molecular complexity index is 388. The molecule has 0 saturated carbocycles. The Hall–Kier alpha value is -1.68. The Balaban J connectivity index is 2.69. The second-order valence-corrected chi connectivity index (χ2v) is 3.21. The van der Waals surface area contributed by atoms with Gasteiger partial charge in [-0.2, -0.15) is 0 Å². The zero-order valence-electron chi connectivity index (χ0n) is 8.78. The molecular formula is C12H13FO3. The van der Waals surface area contributed by atoms with E-state index in [0.29, 0.717) is 13.0 Å². The molecule has 1 aromatic rings. The third kappa shape index (κ3) is 3.17. The van der Waals surface area contributed by atoms with Crippen LogP contribution in [0.5, 0.6) is 0 Å². The van der Waals surface area contributed by atoms with Crippen LogP contribution in [-0.2, 0) is 11.3 Å². The summed E-state index contributed by atoms with van der Waals surface area (Å²) in [5.74, 6) is -2.00. The second-order valence-electron chi connectivity index (χ2n) is 3.21. The minimum absolute atomic E-state index is 0.0702. The van der Waals surface area contributed by atoms with Crippen molar-refractivity contribution in [2.24, 2.45) is 0 Å². The van der Waals surface area contributed by atoms with Gasteiger partial charge in [0.05, 0.1) is 18.8 Å². The van der Waals surface area contributed by atoms with Crippen LogP contribution >= 0.6 is 0 Å². The van der Waals surface area contributed by atoms with Crippen LogP contribution in [0.3, 0.4) is 0 Å². The summed E-state index contributed by atoms with van der Waals surface area (Å²) in [6.07, 6.45) is 2.38. The predicted molar refractivity (Wildman–Crippen MR) is 57.8 cm³/mol. The van der Waals surface area contributed by atoms with Crippen LogP contribution in [0.2, 0.25) is 0 Å². The highest BCUT2D eigenvalue weighted by atomic mass is 19.1. The molecule has 3 nitrogen and oxygen atoms in total. The summed E-state index contributed by atoms with van der Waals surface area (Å²) >= 11 is 0. The summed E-state index contributed by atoms with van der Waals surface area (Å²) in [5.41, 5.74) is -0.0752. The fourth-order valence-corrected chi connectivity index (χ4v) is 1.21. The number of halogens is 1. The lowest BCUT2D eigenvalue weighted by Gasteiger charge is -2.06. The molecule has 0 aliphatic rings. The molecule has 16 heavy (non-hydrogen) atoms.